The third kappa shape index (κ3) is 6.04. The van der Waals surface area contributed by atoms with Gasteiger partial charge in [-0.15, -0.1) is 0 Å². The second kappa shape index (κ2) is 9.06. The summed E-state index contributed by atoms with van der Waals surface area (Å²) in [5.74, 6) is -0.156. The van der Waals surface area contributed by atoms with Crippen LogP contribution in [0.25, 0.3) is 0 Å². The quantitative estimate of drug-likeness (QED) is 0.696. The van der Waals surface area contributed by atoms with Gasteiger partial charge in [-0.2, -0.15) is 0 Å². The molecule has 0 radical (unpaired) electrons. The van der Waals surface area contributed by atoms with Gasteiger partial charge in [-0.3, -0.25) is 4.79 Å². The number of nitrogens with two attached hydrogens (primary N) is 1. The van der Waals surface area contributed by atoms with Crippen molar-refractivity contribution < 1.29 is 9.59 Å². The third-order valence-electron chi connectivity index (χ3n) is 5.03. The summed E-state index contributed by atoms with van der Waals surface area (Å²) in [4.78, 5) is 23.6. The number of rotatable bonds is 7. The smallest absolute Gasteiger partial charge is 0.312 e. The SMILES string of the molecule is CC[C@H](C)[C@@H](NC(N)=O)C(=O)NCCc1c(C)cc(C(C)(C)C)cc1C. The number of carbonyl (C=O) groups excluding carboxylic acids is 2. The van der Waals surface area contributed by atoms with Crippen LogP contribution < -0.4 is 16.4 Å². The van der Waals surface area contributed by atoms with E-state index in [4.69, 9.17) is 5.73 Å². The van der Waals surface area contributed by atoms with Gasteiger partial charge in [0.2, 0.25) is 5.91 Å². The van der Waals surface area contributed by atoms with Crippen LogP contribution in [0.3, 0.4) is 0 Å². The van der Waals surface area contributed by atoms with E-state index in [1.54, 1.807) is 0 Å². The van der Waals surface area contributed by atoms with Crippen LogP contribution in [0.5, 0.6) is 0 Å². The second-order valence-electron chi connectivity index (χ2n) is 8.25. The molecule has 0 aliphatic rings. The van der Waals surface area contributed by atoms with Crippen molar-refractivity contribution in [2.24, 2.45) is 11.7 Å². The summed E-state index contributed by atoms with van der Waals surface area (Å²) in [6.07, 6.45) is 1.54. The summed E-state index contributed by atoms with van der Waals surface area (Å²) >= 11 is 0. The molecule has 0 saturated heterocycles. The largest absolute Gasteiger partial charge is 0.354 e. The number of carbonyl (C=O) groups is 2. The molecule has 26 heavy (non-hydrogen) atoms. The minimum atomic E-state index is -0.671. The van der Waals surface area contributed by atoms with E-state index in [9.17, 15) is 9.59 Å². The van der Waals surface area contributed by atoms with Crippen molar-refractivity contribution in [2.45, 2.75) is 72.8 Å². The minimum absolute atomic E-state index is 0.0250. The van der Waals surface area contributed by atoms with E-state index < -0.39 is 12.1 Å². The van der Waals surface area contributed by atoms with E-state index in [1.807, 2.05) is 13.8 Å². The first-order valence-corrected chi connectivity index (χ1v) is 9.41. The van der Waals surface area contributed by atoms with Crippen molar-refractivity contribution in [3.05, 3.63) is 34.4 Å². The number of urea groups is 1. The molecule has 146 valence electrons. The zero-order valence-electron chi connectivity index (χ0n) is 17.3. The van der Waals surface area contributed by atoms with Crippen LogP contribution in [0, 0.1) is 19.8 Å². The van der Waals surface area contributed by atoms with Gasteiger partial charge < -0.3 is 16.4 Å². The zero-order chi connectivity index (χ0) is 20.1. The normalized spacial score (nSPS) is 13.8. The van der Waals surface area contributed by atoms with Gasteiger partial charge in [0.05, 0.1) is 0 Å². The topological polar surface area (TPSA) is 84.2 Å². The van der Waals surface area contributed by atoms with Crippen LogP contribution in [0.4, 0.5) is 4.79 Å². The molecule has 3 amide bonds. The highest BCUT2D eigenvalue weighted by Crippen LogP contribution is 2.27. The Morgan fingerprint density at radius 2 is 1.69 bits per heavy atom. The van der Waals surface area contributed by atoms with E-state index >= 15 is 0 Å². The molecule has 0 fully saturated rings. The maximum absolute atomic E-state index is 12.4. The summed E-state index contributed by atoms with van der Waals surface area (Å²) in [5.41, 5.74) is 10.4. The molecule has 0 aliphatic heterocycles. The Hall–Kier alpha value is -2.04. The number of hydrogen-bond donors (Lipinski definition) is 3. The summed E-state index contributed by atoms with van der Waals surface area (Å²) in [6.45, 7) is 15.3. The zero-order valence-corrected chi connectivity index (χ0v) is 17.3. The standard InChI is InChI=1S/C21H35N3O2/c1-8-13(2)18(24-20(22)26)19(25)23-10-9-17-14(3)11-16(12-15(17)4)21(5,6)7/h11-13,18H,8-10H2,1-7H3,(H,23,25)(H3,22,24,26)/t13-,18+/m0/s1. The van der Waals surface area contributed by atoms with Gasteiger partial charge in [0.25, 0.3) is 0 Å². The molecule has 5 nitrogen and oxygen atoms in total. The van der Waals surface area contributed by atoms with Crippen LogP contribution in [-0.4, -0.2) is 24.5 Å². The Kier molecular flexibility index (Phi) is 7.67. The molecule has 1 rings (SSSR count). The molecule has 0 spiro atoms. The average Bonchev–Trinajstić information content (AvgIpc) is 2.52. The fourth-order valence-electron chi connectivity index (χ4n) is 3.10. The number of nitrogens with one attached hydrogen (secondary N) is 2. The number of hydrogen-bond acceptors (Lipinski definition) is 2. The molecule has 2 atom stereocenters. The van der Waals surface area contributed by atoms with Crippen LogP contribution >= 0.6 is 0 Å². The lowest BCUT2D eigenvalue weighted by Crippen LogP contribution is -2.52. The minimum Gasteiger partial charge on any atom is -0.354 e. The highest BCUT2D eigenvalue weighted by atomic mass is 16.2. The average molecular weight is 362 g/mol. The fourth-order valence-corrected chi connectivity index (χ4v) is 3.10. The first-order chi connectivity index (χ1) is 12.0. The van der Waals surface area contributed by atoms with Gasteiger partial charge in [0.15, 0.2) is 0 Å². The van der Waals surface area contributed by atoms with Crippen LogP contribution in [-0.2, 0) is 16.6 Å². The number of amides is 3. The Morgan fingerprint density at radius 3 is 2.12 bits per heavy atom. The van der Waals surface area contributed by atoms with Gasteiger partial charge in [-0.05, 0) is 53.9 Å². The molecular formula is C21H35N3O2. The van der Waals surface area contributed by atoms with Crippen molar-refractivity contribution in [2.75, 3.05) is 6.54 Å². The summed E-state index contributed by atoms with van der Waals surface area (Å²) in [6, 6.07) is 3.21. The molecule has 1 aromatic rings. The fraction of sp³-hybridized carbons (Fsp3) is 0.619. The van der Waals surface area contributed by atoms with Gasteiger partial charge in [-0.25, -0.2) is 4.79 Å². The maximum Gasteiger partial charge on any atom is 0.312 e. The Balaban J connectivity index is 2.78. The van der Waals surface area contributed by atoms with E-state index in [0.717, 1.165) is 12.8 Å². The molecule has 0 bridgehead atoms. The molecular weight excluding hydrogens is 326 g/mol. The third-order valence-corrected chi connectivity index (χ3v) is 5.03. The molecule has 4 N–H and O–H groups in total. The molecule has 5 heteroatoms. The molecule has 1 aromatic carbocycles. The lowest BCUT2D eigenvalue weighted by molar-refractivity contribution is -0.124. The van der Waals surface area contributed by atoms with Crippen LogP contribution in [0.2, 0.25) is 0 Å². The van der Waals surface area contributed by atoms with E-state index in [0.29, 0.717) is 6.54 Å². The molecule has 0 unspecified atom stereocenters. The predicted octanol–water partition coefficient (Wildman–Crippen LogP) is 3.34. The van der Waals surface area contributed by atoms with Gasteiger partial charge in [0.1, 0.15) is 6.04 Å². The second-order valence-corrected chi connectivity index (χ2v) is 8.25. The first-order valence-electron chi connectivity index (χ1n) is 9.41. The number of benzene rings is 1. The lowest BCUT2D eigenvalue weighted by Gasteiger charge is -2.24. The Labute approximate surface area is 158 Å². The highest BCUT2D eigenvalue weighted by molar-refractivity contribution is 5.86. The van der Waals surface area contributed by atoms with Crippen molar-refractivity contribution in [3.8, 4) is 0 Å². The molecule has 0 aliphatic carbocycles. The van der Waals surface area contributed by atoms with E-state index in [2.05, 4.69) is 57.4 Å². The van der Waals surface area contributed by atoms with Crippen molar-refractivity contribution in [3.63, 3.8) is 0 Å². The maximum atomic E-state index is 12.4. The monoisotopic (exact) mass is 361 g/mol. The van der Waals surface area contributed by atoms with Gasteiger partial charge in [-0.1, -0.05) is 53.2 Å². The van der Waals surface area contributed by atoms with Gasteiger partial charge in [0, 0.05) is 6.54 Å². The summed E-state index contributed by atoms with van der Waals surface area (Å²) < 4.78 is 0. The van der Waals surface area contributed by atoms with Crippen molar-refractivity contribution >= 4 is 11.9 Å². The molecule has 0 saturated carbocycles. The number of primary amides is 1. The van der Waals surface area contributed by atoms with Gasteiger partial charge >= 0.3 is 6.03 Å². The van der Waals surface area contributed by atoms with Crippen LogP contribution in [0.1, 0.15) is 63.3 Å². The Bertz CT molecular complexity index is 624. The predicted molar refractivity (Wildman–Crippen MR) is 107 cm³/mol. The summed E-state index contributed by atoms with van der Waals surface area (Å²) in [5, 5.41) is 5.49. The lowest BCUT2D eigenvalue weighted by atomic mass is 9.83. The first kappa shape index (κ1) is 22.0. The van der Waals surface area contributed by atoms with Crippen LogP contribution in [0.15, 0.2) is 12.1 Å². The number of aryl methyl sites for hydroxylation is 2. The van der Waals surface area contributed by atoms with E-state index in [1.165, 1.54) is 22.3 Å². The van der Waals surface area contributed by atoms with Crippen molar-refractivity contribution in [1.82, 2.24) is 10.6 Å². The highest BCUT2D eigenvalue weighted by Gasteiger charge is 2.25. The van der Waals surface area contributed by atoms with E-state index in [-0.39, 0.29) is 17.2 Å². The Morgan fingerprint density at radius 1 is 1.15 bits per heavy atom. The molecule has 0 aromatic heterocycles. The molecule has 0 heterocycles. The van der Waals surface area contributed by atoms with Crippen molar-refractivity contribution in [1.29, 1.82) is 0 Å². The summed E-state index contributed by atoms with van der Waals surface area (Å²) in [7, 11) is 0.